The summed E-state index contributed by atoms with van der Waals surface area (Å²) >= 11 is 7.23. The Morgan fingerprint density at radius 3 is 2.47 bits per heavy atom. The molecule has 172 valence electrons. The van der Waals surface area contributed by atoms with E-state index in [9.17, 15) is 14.7 Å². The average Bonchev–Trinajstić information content (AvgIpc) is 3.11. The lowest BCUT2D eigenvalue weighted by atomic mass is 10.1. The Kier molecular flexibility index (Phi) is 6.90. The highest BCUT2D eigenvalue weighted by atomic mass is 35.5. The SMILES string of the molecule is COc1ccc(N=C2S/C(=C\c3cc(Cl)ccc3O)C(=O)N2Cc2ccc(C(=O)O)cc2)cc1. The molecular formula is C25H19ClN2O5S. The van der Waals surface area contributed by atoms with Crippen molar-refractivity contribution in [3.05, 3.63) is 93.3 Å². The van der Waals surface area contributed by atoms with Crippen LogP contribution in [-0.2, 0) is 11.3 Å². The zero-order valence-corrected chi connectivity index (χ0v) is 19.5. The molecule has 2 N–H and O–H groups in total. The van der Waals surface area contributed by atoms with Gasteiger partial charge in [0, 0.05) is 10.6 Å². The van der Waals surface area contributed by atoms with Crippen LogP contribution in [0.5, 0.6) is 11.5 Å². The molecule has 9 heteroatoms. The highest BCUT2D eigenvalue weighted by molar-refractivity contribution is 8.18. The van der Waals surface area contributed by atoms with E-state index in [1.54, 1.807) is 61.7 Å². The Labute approximate surface area is 205 Å². The first kappa shape index (κ1) is 23.4. The highest BCUT2D eigenvalue weighted by Gasteiger charge is 2.33. The first-order valence-corrected chi connectivity index (χ1v) is 11.3. The number of methoxy groups -OCH3 is 1. The predicted molar refractivity (Wildman–Crippen MR) is 133 cm³/mol. The third kappa shape index (κ3) is 5.24. The number of halogens is 1. The van der Waals surface area contributed by atoms with Gasteiger partial charge >= 0.3 is 5.97 Å². The summed E-state index contributed by atoms with van der Waals surface area (Å²) < 4.78 is 5.18. The maximum atomic E-state index is 13.3. The monoisotopic (exact) mass is 494 g/mol. The van der Waals surface area contributed by atoms with E-state index >= 15 is 0 Å². The summed E-state index contributed by atoms with van der Waals surface area (Å²) in [5.41, 5.74) is 1.96. The van der Waals surface area contributed by atoms with Crippen molar-refractivity contribution in [1.82, 2.24) is 4.90 Å². The van der Waals surface area contributed by atoms with Crippen LogP contribution in [0, 0.1) is 0 Å². The van der Waals surface area contributed by atoms with Crippen LogP contribution >= 0.6 is 23.4 Å². The van der Waals surface area contributed by atoms with Crippen molar-refractivity contribution in [3.8, 4) is 11.5 Å². The quantitative estimate of drug-likeness (QED) is 0.435. The lowest BCUT2D eigenvalue weighted by Crippen LogP contribution is -2.28. The standard InChI is InChI=1S/C25H19ClN2O5S/c1-33-20-9-7-19(8-10-20)27-25-28(14-15-2-4-16(5-3-15)24(31)32)23(30)22(34-25)13-17-12-18(26)6-11-21(17)29/h2-13,29H,14H2,1H3,(H,31,32)/b22-13-,27-25?. The summed E-state index contributed by atoms with van der Waals surface area (Å²) in [6.45, 7) is 0.194. The maximum Gasteiger partial charge on any atom is 0.335 e. The largest absolute Gasteiger partial charge is 0.507 e. The number of carboxylic acid groups (broad SMARTS) is 1. The summed E-state index contributed by atoms with van der Waals surface area (Å²) in [7, 11) is 1.58. The molecule has 7 nitrogen and oxygen atoms in total. The molecule has 4 rings (SSSR count). The van der Waals surface area contributed by atoms with Gasteiger partial charge < -0.3 is 14.9 Å². The van der Waals surface area contributed by atoms with Crippen LogP contribution in [0.25, 0.3) is 6.08 Å². The smallest absolute Gasteiger partial charge is 0.335 e. The molecule has 0 bridgehead atoms. The second-order valence-electron chi connectivity index (χ2n) is 7.30. The molecule has 0 aliphatic carbocycles. The van der Waals surface area contributed by atoms with Crippen LogP contribution in [0.3, 0.4) is 0 Å². The molecule has 3 aromatic carbocycles. The van der Waals surface area contributed by atoms with Crippen molar-refractivity contribution < 1.29 is 24.5 Å². The number of rotatable bonds is 6. The van der Waals surface area contributed by atoms with E-state index in [0.29, 0.717) is 32.1 Å². The molecule has 1 fully saturated rings. The first-order chi connectivity index (χ1) is 16.3. The van der Waals surface area contributed by atoms with Gasteiger partial charge in [0.15, 0.2) is 5.17 Å². The molecule has 0 unspecified atom stereocenters. The molecule has 34 heavy (non-hydrogen) atoms. The third-order valence-electron chi connectivity index (χ3n) is 5.00. The normalized spacial score (nSPS) is 15.8. The van der Waals surface area contributed by atoms with Crippen LogP contribution in [0.1, 0.15) is 21.5 Å². The summed E-state index contributed by atoms with van der Waals surface area (Å²) in [6.07, 6.45) is 1.57. The summed E-state index contributed by atoms with van der Waals surface area (Å²) in [5.74, 6) is -0.625. The summed E-state index contributed by atoms with van der Waals surface area (Å²) in [5, 5.41) is 20.2. The minimum atomic E-state index is -1.02. The van der Waals surface area contributed by atoms with Gasteiger partial charge in [-0.3, -0.25) is 9.69 Å². The van der Waals surface area contributed by atoms with Crippen LogP contribution in [-0.4, -0.2) is 39.3 Å². The van der Waals surface area contributed by atoms with Crippen molar-refractivity contribution >= 4 is 52.2 Å². The van der Waals surface area contributed by atoms with E-state index < -0.39 is 5.97 Å². The molecular weight excluding hydrogens is 476 g/mol. The number of nitrogens with zero attached hydrogens (tertiary/aromatic N) is 2. The number of hydrogen-bond donors (Lipinski definition) is 2. The third-order valence-corrected chi connectivity index (χ3v) is 6.24. The van der Waals surface area contributed by atoms with E-state index in [1.807, 2.05) is 0 Å². The predicted octanol–water partition coefficient (Wildman–Crippen LogP) is 5.56. The van der Waals surface area contributed by atoms with E-state index in [0.717, 1.165) is 5.56 Å². The number of aliphatic imine (C=N–C) groups is 1. The number of aromatic hydroxyl groups is 1. The first-order valence-electron chi connectivity index (χ1n) is 10.1. The molecule has 1 heterocycles. The lowest BCUT2D eigenvalue weighted by molar-refractivity contribution is -0.122. The molecule has 0 radical (unpaired) electrons. The Balaban J connectivity index is 1.70. The number of hydrogen-bond acceptors (Lipinski definition) is 6. The molecule has 1 aliphatic rings. The van der Waals surface area contributed by atoms with Crippen molar-refractivity contribution in [1.29, 1.82) is 0 Å². The van der Waals surface area contributed by atoms with Gasteiger partial charge in [-0.05, 0) is 78.0 Å². The Hall–Kier alpha value is -3.75. The fraction of sp³-hybridized carbons (Fsp3) is 0.0800. The Morgan fingerprint density at radius 1 is 1.12 bits per heavy atom. The van der Waals surface area contributed by atoms with Crippen molar-refractivity contribution in [2.75, 3.05) is 7.11 Å². The van der Waals surface area contributed by atoms with Gasteiger partial charge in [0.05, 0.1) is 29.8 Å². The summed E-state index contributed by atoms with van der Waals surface area (Å²) in [4.78, 5) is 31.0. The Morgan fingerprint density at radius 2 is 1.82 bits per heavy atom. The molecule has 3 aromatic rings. The molecule has 0 spiro atoms. The Bertz CT molecular complexity index is 1300. The minimum absolute atomic E-state index is 0.00153. The number of amides is 1. The van der Waals surface area contributed by atoms with Gasteiger partial charge in [-0.1, -0.05) is 23.7 Å². The van der Waals surface area contributed by atoms with Crippen LogP contribution in [0.4, 0.5) is 5.69 Å². The minimum Gasteiger partial charge on any atom is -0.507 e. The van der Waals surface area contributed by atoms with E-state index in [1.165, 1.54) is 34.9 Å². The topological polar surface area (TPSA) is 99.4 Å². The van der Waals surface area contributed by atoms with Gasteiger partial charge in [0.25, 0.3) is 5.91 Å². The zero-order valence-electron chi connectivity index (χ0n) is 17.9. The zero-order chi connectivity index (χ0) is 24.2. The number of carbonyl (C=O) groups is 2. The highest BCUT2D eigenvalue weighted by Crippen LogP contribution is 2.37. The number of aromatic carboxylic acids is 1. The average molecular weight is 495 g/mol. The van der Waals surface area contributed by atoms with E-state index in [4.69, 9.17) is 21.4 Å². The molecule has 0 atom stereocenters. The maximum absolute atomic E-state index is 13.3. The van der Waals surface area contributed by atoms with Crippen LogP contribution in [0.2, 0.25) is 5.02 Å². The van der Waals surface area contributed by atoms with Gasteiger partial charge in [0.2, 0.25) is 0 Å². The molecule has 0 saturated carbocycles. The van der Waals surface area contributed by atoms with Gasteiger partial charge in [-0.15, -0.1) is 0 Å². The van der Waals surface area contributed by atoms with Crippen LogP contribution in [0.15, 0.2) is 76.6 Å². The van der Waals surface area contributed by atoms with Crippen molar-refractivity contribution in [3.63, 3.8) is 0 Å². The van der Waals surface area contributed by atoms with Crippen molar-refractivity contribution in [2.45, 2.75) is 6.54 Å². The molecule has 1 saturated heterocycles. The van der Waals surface area contributed by atoms with Crippen LogP contribution < -0.4 is 4.74 Å². The van der Waals surface area contributed by atoms with E-state index in [2.05, 4.69) is 4.99 Å². The molecule has 0 aromatic heterocycles. The number of carboxylic acids is 1. The number of amidine groups is 1. The molecule has 1 amide bonds. The number of ether oxygens (including phenoxy) is 1. The van der Waals surface area contributed by atoms with Gasteiger partial charge in [-0.25, -0.2) is 9.79 Å². The number of phenols is 1. The number of benzene rings is 3. The lowest BCUT2D eigenvalue weighted by Gasteiger charge is -2.16. The second-order valence-corrected chi connectivity index (χ2v) is 8.75. The van der Waals surface area contributed by atoms with Gasteiger partial charge in [-0.2, -0.15) is 0 Å². The number of carbonyl (C=O) groups excluding carboxylic acids is 1. The number of thioether (sulfide) groups is 1. The second kappa shape index (κ2) is 10.0. The fourth-order valence-electron chi connectivity index (χ4n) is 3.22. The van der Waals surface area contributed by atoms with E-state index in [-0.39, 0.29) is 23.8 Å². The van der Waals surface area contributed by atoms with Gasteiger partial charge in [0.1, 0.15) is 11.5 Å². The summed E-state index contributed by atoms with van der Waals surface area (Å²) in [6, 6.07) is 18.0. The van der Waals surface area contributed by atoms with Crippen molar-refractivity contribution in [2.24, 2.45) is 4.99 Å². The fourth-order valence-corrected chi connectivity index (χ4v) is 4.38. The molecule has 1 aliphatic heterocycles. The number of phenolic OH excluding ortho intramolecular Hbond substituents is 1.